The molecule has 71 heavy (non-hydrogen) atoms. The molecule has 0 aromatic heterocycles. The summed E-state index contributed by atoms with van der Waals surface area (Å²) in [5.74, 6) is -0.240. The Balaban J connectivity index is 4.24. The zero-order valence-corrected chi connectivity index (χ0v) is 46.0. The molecule has 0 bridgehead atoms. The number of nitrogens with zero attached hydrogens (tertiary/aromatic N) is 1. The van der Waals surface area contributed by atoms with Gasteiger partial charge in [-0.05, 0) is 122 Å². The first kappa shape index (κ1) is 66.9. The van der Waals surface area contributed by atoms with Crippen molar-refractivity contribution in [1.29, 1.82) is 0 Å². The Morgan fingerprint density at radius 1 is 0.493 bits per heavy atom. The number of hydrogen-bond donors (Lipinski definition) is 3. The molecule has 1 amide bonds. The van der Waals surface area contributed by atoms with Crippen molar-refractivity contribution in [3.05, 3.63) is 170 Å². The van der Waals surface area contributed by atoms with Crippen LogP contribution in [-0.4, -0.2) is 73.4 Å². The van der Waals surface area contributed by atoms with Crippen LogP contribution in [0.15, 0.2) is 170 Å². The highest BCUT2D eigenvalue weighted by Crippen LogP contribution is 2.43. The molecule has 3 atom stereocenters. The lowest BCUT2D eigenvalue weighted by atomic mass is 10.1. The van der Waals surface area contributed by atoms with E-state index in [9.17, 15) is 19.4 Å². The van der Waals surface area contributed by atoms with Gasteiger partial charge in [0.25, 0.3) is 0 Å². The minimum atomic E-state index is -4.37. The van der Waals surface area contributed by atoms with Gasteiger partial charge in [0.15, 0.2) is 0 Å². The number of nitrogens with one attached hydrogen (secondary N) is 1. The van der Waals surface area contributed by atoms with Gasteiger partial charge in [-0.15, -0.1) is 0 Å². The van der Waals surface area contributed by atoms with E-state index in [1.54, 1.807) is 6.08 Å². The van der Waals surface area contributed by atoms with Crippen LogP contribution < -0.4 is 5.32 Å². The van der Waals surface area contributed by atoms with Crippen LogP contribution in [0.3, 0.4) is 0 Å². The number of carbonyl (C=O) groups is 1. The van der Waals surface area contributed by atoms with Crippen LogP contribution in [0.1, 0.15) is 162 Å². The predicted molar refractivity (Wildman–Crippen MR) is 308 cm³/mol. The molecule has 0 radical (unpaired) electrons. The van der Waals surface area contributed by atoms with Gasteiger partial charge < -0.3 is 19.8 Å². The number of phosphoric ester groups is 1. The number of allylic oxidation sites excluding steroid dienone is 27. The zero-order valence-electron chi connectivity index (χ0n) is 45.1. The van der Waals surface area contributed by atoms with Gasteiger partial charge in [0.1, 0.15) is 13.2 Å². The van der Waals surface area contributed by atoms with Gasteiger partial charge in [-0.1, -0.05) is 203 Å². The third kappa shape index (κ3) is 53.5. The Hall–Kier alpha value is -4.14. The first-order valence-corrected chi connectivity index (χ1v) is 28.5. The van der Waals surface area contributed by atoms with Crippen molar-refractivity contribution < 1.29 is 32.9 Å². The number of quaternary nitrogens is 1. The normalized spacial score (nSPS) is 15.3. The van der Waals surface area contributed by atoms with Crippen molar-refractivity contribution in [1.82, 2.24) is 5.32 Å². The highest BCUT2D eigenvalue weighted by atomic mass is 31.2. The van der Waals surface area contributed by atoms with Crippen LogP contribution in [0, 0.1) is 0 Å². The number of carbonyl (C=O) groups excluding carboxylic acids is 1. The van der Waals surface area contributed by atoms with Crippen molar-refractivity contribution in [2.45, 2.75) is 174 Å². The van der Waals surface area contributed by atoms with E-state index in [2.05, 4.69) is 177 Å². The van der Waals surface area contributed by atoms with E-state index < -0.39 is 20.0 Å². The molecule has 0 fully saturated rings. The van der Waals surface area contributed by atoms with Gasteiger partial charge in [-0.3, -0.25) is 13.8 Å². The van der Waals surface area contributed by atoms with Gasteiger partial charge >= 0.3 is 7.82 Å². The molecule has 0 aromatic carbocycles. The van der Waals surface area contributed by atoms with Crippen molar-refractivity contribution in [3.63, 3.8) is 0 Å². The van der Waals surface area contributed by atoms with E-state index in [-0.39, 0.29) is 25.5 Å². The fraction of sp³-hybridized carbons (Fsp3) is 0.532. The van der Waals surface area contributed by atoms with Crippen LogP contribution >= 0.6 is 7.82 Å². The molecule has 0 aromatic rings. The molecule has 0 spiro atoms. The lowest BCUT2D eigenvalue weighted by Gasteiger charge is -2.25. The third-order valence-electron chi connectivity index (χ3n) is 10.7. The second kappa shape index (κ2) is 50.8. The van der Waals surface area contributed by atoms with Crippen molar-refractivity contribution in [2.75, 3.05) is 40.9 Å². The van der Waals surface area contributed by atoms with E-state index in [0.717, 1.165) is 109 Å². The van der Waals surface area contributed by atoms with Crippen LogP contribution in [0.5, 0.6) is 0 Å². The van der Waals surface area contributed by atoms with Crippen LogP contribution in [0.2, 0.25) is 0 Å². The SMILES string of the molecule is CC/C=C\C/C=C\C/C=C\C/C=C\C/C=C\C/C=C\C/C=C\C/C=C\C/C=C\C/C=C\C/C=C\C/C=C\CCCCC(=O)NC(COP(=O)(O)OCC[N+](C)(C)C)C(O)/C=C/CC/C=C/CCCCCC. The quantitative estimate of drug-likeness (QED) is 0.0243. The molecule has 0 saturated heterocycles. The summed E-state index contributed by atoms with van der Waals surface area (Å²) in [6.07, 6.45) is 81.9. The Bertz CT molecular complexity index is 1750. The average Bonchev–Trinajstić information content (AvgIpc) is 3.33. The summed E-state index contributed by atoms with van der Waals surface area (Å²) in [4.78, 5) is 23.1. The summed E-state index contributed by atoms with van der Waals surface area (Å²) in [5.41, 5.74) is 0. The van der Waals surface area contributed by atoms with Crippen LogP contribution in [-0.2, 0) is 18.4 Å². The van der Waals surface area contributed by atoms with E-state index in [1.165, 1.54) is 25.7 Å². The number of amides is 1. The molecule has 0 rings (SSSR count). The molecular formula is C62H100N2O6P+. The molecule has 3 unspecified atom stereocenters. The predicted octanol–water partition coefficient (Wildman–Crippen LogP) is 16.5. The first-order chi connectivity index (χ1) is 34.5. The standard InChI is InChI=1S/C62H99N2O6P/c1-6-8-10-12-14-16-18-19-20-21-22-23-24-25-26-27-28-29-30-31-32-33-34-35-36-37-38-39-40-41-42-43-44-45-46-48-50-52-54-56-62(66)63-60(59-70-71(67,68)69-58-57-64(3,4)5)61(65)55-53-51-49-47-17-15-13-11-9-7-2/h8,10,14,16-17,19-20,22-23,25-26,28-29,31-32,34-35,37-38,40-41,43-44,46-48,53,55,60-61,65H,6-7,9,11-13,15,18,21,24,27,30,33,36,39,42,45,49-52,54,56-59H2,1-5H3,(H-,63,66,67,68)/p+1/b10-8-,16-14-,20-19-,23-22-,26-25-,29-28-,32-31-,35-34-,38-37-,41-40-,44-43-,47-17+,48-46-,55-53+. The largest absolute Gasteiger partial charge is 0.472 e. The van der Waals surface area contributed by atoms with Crippen molar-refractivity contribution in [2.24, 2.45) is 0 Å². The Kier molecular flexibility index (Phi) is 47.8. The Labute approximate surface area is 434 Å². The van der Waals surface area contributed by atoms with Crippen LogP contribution in [0.4, 0.5) is 0 Å². The maximum Gasteiger partial charge on any atom is 0.472 e. The summed E-state index contributed by atoms with van der Waals surface area (Å²) in [5, 5.41) is 13.7. The van der Waals surface area contributed by atoms with Gasteiger partial charge in [-0.25, -0.2) is 4.57 Å². The maximum absolute atomic E-state index is 12.9. The maximum atomic E-state index is 12.9. The highest BCUT2D eigenvalue weighted by molar-refractivity contribution is 7.47. The van der Waals surface area contributed by atoms with E-state index in [4.69, 9.17) is 9.05 Å². The second-order valence-corrected chi connectivity index (χ2v) is 20.0. The second-order valence-electron chi connectivity index (χ2n) is 18.5. The Morgan fingerprint density at radius 3 is 1.27 bits per heavy atom. The number of unbranched alkanes of at least 4 members (excludes halogenated alkanes) is 7. The molecular weight excluding hydrogens is 900 g/mol. The lowest BCUT2D eigenvalue weighted by molar-refractivity contribution is -0.870. The van der Waals surface area contributed by atoms with Gasteiger partial charge in [0.2, 0.25) is 5.91 Å². The number of rotatable bonds is 46. The van der Waals surface area contributed by atoms with E-state index in [0.29, 0.717) is 17.4 Å². The van der Waals surface area contributed by atoms with Crippen LogP contribution in [0.25, 0.3) is 0 Å². The zero-order chi connectivity index (χ0) is 52.0. The third-order valence-corrected chi connectivity index (χ3v) is 11.7. The monoisotopic (exact) mass is 1000 g/mol. The summed E-state index contributed by atoms with van der Waals surface area (Å²) in [6, 6.07) is -0.898. The average molecular weight is 1000 g/mol. The molecule has 0 heterocycles. The van der Waals surface area contributed by atoms with E-state index >= 15 is 0 Å². The molecule has 398 valence electrons. The number of aliphatic hydroxyl groups excluding tert-OH is 1. The minimum absolute atomic E-state index is 0.0375. The van der Waals surface area contributed by atoms with Gasteiger partial charge in [0, 0.05) is 6.42 Å². The highest BCUT2D eigenvalue weighted by Gasteiger charge is 2.27. The number of aliphatic hydroxyl groups is 1. The molecule has 3 N–H and O–H groups in total. The Morgan fingerprint density at radius 2 is 0.859 bits per heavy atom. The summed E-state index contributed by atoms with van der Waals surface area (Å²) in [7, 11) is 1.49. The number of likely N-dealkylation sites (N-methyl/N-ethyl adjacent to an activating group) is 1. The molecule has 9 heteroatoms. The molecule has 8 nitrogen and oxygen atoms in total. The fourth-order valence-electron chi connectivity index (χ4n) is 6.45. The molecule has 0 aliphatic carbocycles. The van der Waals surface area contributed by atoms with Gasteiger partial charge in [-0.2, -0.15) is 0 Å². The molecule has 0 aliphatic rings. The smallest absolute Gasteiger partial charge is 0.387 e. The number of phosphoric acid groups is 1. The first-order valence-electron chi connectivity index (χ1n) is 27.0. The molecule has 0 saturated carbocycles. The van der Waals surface area contributed by atoms with Crippen molar-refractivity contribution >= 4 is 13.7 Å². The molecule has 0 aliphatic heterocycles. The fourth-order valence-corrected chi connectivity index (χ4v) is 7.18. The summed E-state index contributed by atoms with van der Waals surface area (Å²) >= 11 is 0. The van der Waals surface area contributed by atoms with Gasteiger partial charge in [0.05, 0.1) is 39.9 Å². The minimum Gasteiger partial charge on any atom is -0.387 e. The lowest BCUT2D eigenvalue weighted by Crippen LogP contribution is -2.45. The number of hydrogen-bond acceptors (Lipinski definition) is 5. The summed E-state index contributed by atoms with van der Waals surface area (Å²) in [6.45, 7) is 4.56. The van der Waals surface area contributed by atoms with Crippen molar-refractivity contribution in [3.8, 4) is 0 Å². The van der Waals surface area contributed by atoms with E-state index in [1.807, 2.05) is 27.2 Å². The topological polar surface area (TPSA) is 105 Å². The summed E-state index contributed by atoms with van der Waals surface area (Å²) < 4.78 is 23.5.